The van der Waals surface area contributed by atoms with Crippen LogP contribution in [0.3, 0.4) is 0 Å². The van der Waals surface area contributed by atoms with E-state index in [1.54, 1.807) is 0 Å². The number of aromatic carboxylic acids is 1. The molecule has 10 N–H and O–H groups in total. The van der Waals surface area contributed by atoms with E-state index in [0.29, 0.717) is 5.69 Å². The van der Waals surface area contributed by atoms with Crippen LogP contribution in [0.5, 0.6) is 5.75 Å². The van der Waals surface area contributed by atoms with E-state index in [0.717, 1.165) is 0 Å². The van der Waals surface area contributed by atoms with Crippen molar-refractivity contribution in [1.82, 2.24) is 5.32 Å². The minimum Gasteiger partial charge on any atom is -0.505 e. The number of amides is 2. The zero-order valence-corrected chi connectivity index (χ0v) is 16.5. The first kappa shape index (κ1) is 25.2. The van der Waals surface area contributed by atoms with Crippen LogP contribution in [0.1, 0.15) is 10.4 Å². The number of nitrogens with one attached hydrogen (secondary N) is 2. The average Bonchev–Trinajstić information content (AvgIpc) is 2.67. The van der Waals surface area contributed by atoms with Crippen molar-refractivity contribution in [2.75, 3.05) is 17.6 Å². The zero-order chi connectivity index (χ0) is 23.8. The monoisotopic (exact) mass is 456 g/mol. The van der Waals surface area contributed by atoms with Crippen LogP contribution in [0.4, 0.5) is 16.2 Å². The second-order valence-corrected chi connectivity index (χ2v) is 7.26. The Labute approximate surface area is 176 Å². The molecular weight excluding hydrogens is 436 g/mol. The average molecular weight is 456 g/mol. The van der Waals surface area contributed by atoms with E-state index in [1.165, 1.54) is 42.5 Å². The number of benzene rings is 2. The van der Waals surface area contributed by atoms with Gasteiger partial charge in [0.1, 0.15) is 11.6 Å². The van der Waals surface area contributed by atoms with Gasteiger partial charge in [-0.05, 0) is 30.3 Å². The van der Waals surface area contributed by atoms with Crippen LogP contribution in [-0.4, -0.2) is 58.8 Å². The molecule has 0 aliphatic rings. The minimum atomic E-state index is -4.11. The maximum Gasteiger partial charge on any atom is 0.339 e. The molecule has 0 aliphatic heterocycles. The van der Waals surface area contributed by atoms with Gasteiger partial charge in [0.2, 0.25) is 0 Å². The summed E-state index contributed by atoms with van der Waals surface area (Å²) in [6.45, 7) is -0.319. The third-order valence-corrected chi connectivity index (χ3v) is 4.32. The van der Waals surface area contributed by atoms with Gasteiger partial charge in [0.05, 0.1) is 10.6 Å². The van der Waals surface area contributed by atoms with Gasteiger partial charge in [0, 0.05) is 12.2 Å². The van der Waals surface area contributed by atoms with Crippen molar-refractivity contribution in [3.05, 3.63) is 48.0 Å². The highest BCUT2D eigenvalue weighted by molar-refractivity contribution is 7.85. The molecule has 0 heterocycles. The molecule has 2 rings (SSSR count). The molecule has 0 unspecified atom stereocenters. The molecule has 0 aliphatic carbocycles. The van der Waals surface area contributed by atoms with Crippen LogP contribution >= 0.6 is 0 Å². The number of para-hydroxylation sites is 1. The van der Waals surface area contributed by atoms with E-state index in [2.05, 4.69) is 10.6 Å². The molecular formula is C17H20N4O9S. The van der Waals surface area contributed by atoms with Crippen molar-refractivity contribution >= 4 is 39.5 Å². The lowest BCUT2D eigenvalue weighted by Gasteiger charge is -2.11. The first-order valence-electron chi connectivity index (χ1n) is 8.24. The molecule has 0 radical (unpaired) electrons. The van der Waals surface area contributed by atoms with Crippen LogP contribution in [-0.2, 0) is 14.9 Å². The highest BCUT2D eigenvalue weighted by atomic mass is 32.2. The Morgan fingerprint density at radius 2 is 1.68 bits per heavy atom. The van der Waals surface area contributed by atoms with E-state index in [1.807, 2.05) is 0 Å². The smallest absolute Gasteiger partial charge is 0.339 e. The summed E-state index contributed by atoms with van der Waals surface area (Å²) in [5, 5.41) is 31.3. The topological polar surface area (TPSA) is 242 Å². The molecule has 0 saturated carbocycles. The number of urea groups is 1. The van der Waals surface area contributed by atoms with Crippen molar-refractivity contribution in [1.29, 1.82) is 0 Å². The second-order valence-electron chi connectivity index (χ2n) is 5.83. The number of nitrogens with two attached hydrogens (primary N) is 2. The van der Waals surface area contributed by atoms with Crippen LogP contribution in [0.15, 0.2) is 47.4 Å². The molecule has 2 aromatic carbocycles. The standard InChI is InChI=1S/C11H13N3O6.C6H7NO3S/c12-6(10(18)19)4-13-11(20)14-7-3-1-2-5(8(7)15)9(16)17;7-5-2-1-3-6(4-5)11(8,9)10/h1-3,6,15H,4,12H2,(H,16,17)(H,18,19)(H2,13,14,20);1-4H,7H2,(H,8,9,10)/t6-;/m0./s1. The summed E-state index contributed by atoms with van der Waals surface area (Å²) in [6.07, 6.45) is 0. The Morgan fingerprint density at radius 3 is 2.16 bits per heavy atom. The highest BCUT2D eigenvalue weighted by Crippen LogP contribution is 2.27. The molecule has 0 saturated heterocycles. The van der Waals surface area contributed by atoms with Crippen LogP contribution in [0.2, 0.25) is 0 Å². The Bertz CT molecular complexity index is 1070. The van der Waals surface area contributed by atoms with E-state index in [-0.39, 0.29) is 22.7 Å². The third-order valence-electron chi connectivity index (χ3n) is 3.47. The Kier molecular flexibility index (Phi) is 8.74. The molecule has 2 aromatic rings. The van der Waals surface area contributed by atoms with Crippen molar-refractivity contribution in [2.45, 2.75) is 10.9 Å². The lowest BCUT2D eigenvalue weighted by Crippen LogP contribution is -2.43. The molecule has 168 valence electrons. The van der Waals surface area contributed by atoms with E-state index >= 15 is 0 Å². The Balaban J connectivity index is 0.000000367. The van der Waals surface area contributed by atoms with Gasteiger partial charge >= 0.3 is 18.0 Å². The van der Waals surface area contributed by atoms with Gasteiger partial charge in [-0.25, -0.2) is 9.59 Å². The number of carboxylic acid groups (broad SMARTS) is 2. The van der Waals surface area contributed by atoms with Crippen LogP contribution in [0.25, 0.3) is 0 Å². The van der Waals surface area contributed by atoms with Crippen LogP contribution < -0.4 is 22.1 Å². The number of aromatic hydroxyl groups is 1. The molecule has 0 fully saturated rings. The number of carbonyl (C=O) groups excluding carboxylic acids is 1. The fraction of sp³-hybridized carbons (Fsp3) is 0.118. The van der Waals surface area contributed by atoms with Gasteiger partial charge in [0.15, 0.2) is 5.75 Å². The number of anilines is 2. The molecule has 31 heavy (non-hydrogen) atoms. The number of carboxylic acids is 2. The number of aliphatic carboxylic acids is 1. The van der Waals surface area contributed by atoms with Gasteiger partial charge in [-0.1, -0.05) is 12.1 Å². The molecule has 1 atom stereocenters. The molecule has 2 amide bonds. The predicted octanol–water partition coefficient (Wildman–Crippen LogP) is 0.139. The van der Waals surface area contributed by atoms with Gasteiger partial charge in [-0.3, -0.25) is 9.35 Å². The lowest BCUT2D eigenvalue weighted by atomic mass is 10.1. The molecule has 14 heteroatoms. The third kappa shape index (κ3) is 8.17. The van der Waals surface area contributed by atoms with E-state index in [9.17, 15) is 27.9 Å². The summed E-state index contributed by atoms with van der Waals surface area (Å²) in [7, 11) is -4.11. The molecule has 0 spiro atoms. The number of nitrogen functional groups attached to an aromatic ring is 1. The van der Waals surface area contributed by atoms with Crippen molar-refractivity contribution in [3.63, 3.8) is 0 Å². The predicted molar refractivity (Wildman–Crippen MR) is 108 cm³/mol. The van der Waals surface area contributed by atoms with Gasteiger partial charge in [0.25, 0.3) is 10.1 Å². The fourth-order valence-electron chi connectivity index (χ4n) is 1.95. The van der Waals surface area contributed by atoms with Gasteiger partial charge in [-0.2, -0.15) is 8.42 Å². The van der Waals surface area contributed by atoms with E-state index < -0.39 is 39.9 Å². The zero-order valence-electron chi connectivity index (χ0n) is 15.7. The summed E-state index contributed by atoms with van der Waals surface area (Å²) in [5.74, 6) is -3.22. The number of rotatable bonds is 6. The first-order valence-corrected chi connectivity index (χ1v) is 9.68. The molecule has 13 nitrogen and oxygen atoms in total. The summed E-state index contributed by atoms with van der Waals surface area (Å²) in [6, 6.07) is 7.16. The van der Waals surface area contributed by atoms with Gasteiger partial charge in [-0.15, -0.1) is 0 Å². The molecule has 0 bridgehead atoms. The highest BCUT2D eigenvalue weighted by Gasteiger charge is 2.16. The van der Waals surface area contributed by atoms with E-state index in [4.69, 9.17) is 26.2 Å². The number of carbonyl (C=O) groups is 3. The van der Waals surface area contributed by atoms with Crippen LogP contribution in [0, 0.1) is 0 Å². The van der Waals surface area contributed by atoms with Gasteiger partial charge < -0.3 is 37.4 Å². The SMILES string of the molecule is N[C@@H](CNC(=O)Nc1cccc(C(=O)O)c1O)C(=O)O.Nc1cccc(S(=O)(=O)O)c1. The molecule has 0 aromatic heterocycles. The summed E-state index contributed by atoms with van der Waals surface area (Å²) in [4.78, 5) is 32.5. The number of phenols is 1. The van der Waals surface area contributed by atoms with Crippen molar-refractivity contribution in [2.24, 2.45) is 5.73 Å². The summed E-state index contributed by atoms with van der Waals surface area (Å²) >= 11 is 0. The number of hydrogen-bond donors (Lipinski definition) is 8. The Hall–Kier alpha value is -3.88. The first-order chi connectivity index (χ1) is 14.3. The lowest BCUT2D eigenvalue weighted by molar-refractivity contribution is -0.138. The Morgan fingerprint density at radius 1 is 1.06 bits per heavy atom. The normalized spacial score (nSPS) is 11.4. The maximum atomic E-state index is 11.4. The van der Waals surface area contributed by atoms with Crippen molar-refractivity contribution in [3.8, 4) is 5.75 Å². The quantitative estimate of drug-likeness (QED) is 0.165. The maximum absolute atomic E-state index is 11.4. The fourth-order valence-corrected chi connectivity index (χ4v) is 2.48. The van der Waals surface area contributed by atoms with Crippen molar-refractivity contribution < 1.29 is 42.7 Å². The largest absolute Gasteiger partial charge is 0.505 e. The second kappa shape index (κ2) is 10.8. The number of hydrogen-bond acceptors (Lipinski definition) is 8. The summed E-state index contributed by atoms with van der Waals surface area (Å²) in [5.41, 5.74) is 10.3. The minimum absolute atomic E-state index is 0.119. The summed E-state index contributed by atoms with van der Waals surface area (Å²) < 4.78 is 29.5.